The number of fused-ring (bicyclic) bond motifs is 4. The SMILES string of the molecule is Cc1ccc2c(c1)P(=S)(c1ccccc1)c1cc(-c3cccc(-c4ccccc4)c3)cc3c1N2c1ccc(C)cc1P3(=S)c1ccccc1. The van der Waals surface area contributed by atoms with Crippen LogP contribution in [0.4, 0.5) is 17.1 Å². The molecule has 0 radical (unpaired) electrons. The molecule has 49 heavy (non-hydrogen) atoms. The Labute approximate surface area is 298 Å². The van der Waals surface area contributed by atoms with Crippen molar-refractivity contribution in [1.29, 1.82) is 0 Å². The molecule has 2 aliphatic heterocycles. The van der Waals surface area contributed by atoms with Gasteiger partial charge in [-0.2, -0.15) is 0 Å². The Balaban J connectivity index is 1.45. The average Bonchev–Trinajstić information content (AvgIpc) is 3.15. The third-order valence-corrected chi connectivity index (χ3v) is 19.7. The summed E-state index contributed by atoms with van der Waals surface area (Å²) in [7, 11) is 0. The molecule has 9 rings (SSSR count). The highest BCUT2D eigenvalue weighted by Crippen LogP contribution is 2.61. The molecule has 0 fully saturated rings. The fourth-order valence-corrected chi connectivity index (χ4v) is 16.4. The van der Waals surface area contributed by atoms with Crippen LogP contribution in [0.2, 0.25) is 0 Å². The first-order valence-corrected chi connectivity index (χ1v) is 22.2. The molecule has 2 atom stereocenters. The van der Waals surface area contributed by atoms with Crippen LogP contribution in [0.1, 0.15) is 11.1 Å². The zero-order chi connectivity index (χ0) is 33.3. The smallest absolute Gasteiger partial charge is 0.0644 e. The van der Waals surface area contributed by atoms with Crippen LogP contribution in [0.15, 0.2) is 164 Å². The predicted molar refractivity (Wildman–Crippen MR) is 221 cm³/mol. The largest absolute Gasteiger partial charge is 0.308 e. The zero-order valence-corrected chi connectivity index (χ0v) is 30.7. The van der Waals surface area contributed by atoms with E-state index < -0.39 is 12.1 Å². The lowest BCUT2D eigenvalue weighted by atomic mass is 9.98. The van der Waals surface area contributed by atoms with Crippen LogP contribution in [0, 0.1) is 13.8 Å². The van der Waals surface area contributed by atoms with Gasteiger partial charge in [-0.05, 0) is 89.2 Å². The lowest BCUT2D eigenvalue weighted by Gasteiger charge is -2.47. The van der Waals surface area contributed by atoms with Gasteiger partial charge in [0, 0.05) is 33.3 Å². The molecule has 5 heteroatoms. The van der Waals surface area contributed by atoms with Gasteiger partial charge < -0.3 is 4.90 Å². The molecule has 0 aliphatic carbocycles. The number of rotatable bonds is 4. The first-order chi connectivity index (χ1) is 23.9. The van der Waals surface area contributed by atoms with E-state index in [0.717, 1.165) is 5.56 Å². The molecule has 0 N–H and O–H groups in total. The molecule has 0 saturated carbocycles. The van der Waals surface area contributed by atoms with E-state index in [1.165, 1.54) is 76.7 Å². The fourth-order valence-electron chi connectivity index (χ4n) is 7.60. The summed E-state index contributed by atoms with van der Waals surface area (Å²) in [5.74, 6) is 0. The van der Waals surface area contributed by atoms with E-state index in [9.17, 15) is 0 Å². The molecule has 2 aliphatic rings. The van der Waals surface area contributed by atoms with Crippen molar-refractivity contribution in [2.24, 2.45) is 0 Å². The lowest BCUT2D eigenvalue weighted by Crippen LogP contribution is -2.46. The van der Waals surface area contributed by atoms with Crippen molar-refractivity contribution < 1.29 is 0 Å². The second-order valence-electron chi connectivity index (χ2n) is 13.0. The Bertz CT molecular complexity index is 2400. The van der Waals surface area contributed by atoms with Gasteiger partial charge in [-0.1, -0.05) is 156 Å². The minimum atomic E-state index is -2.54. The van der Waals surface area contributed by atoms with Gasteiger partial charge in [0.2, 0.25) is 0 Å². The normalized spacial score (nSPS) is 18.7. The van der Waals surface area contributed by atoms with E-state index in [1.807, 2.05) is 0 Å². The Kier molecular flexibility index (Phi) is 7.27. The van der Waals surface area contributed by atoms with Crippen molar-refractivity contribution in [2.45, 2.75) is 13.8 Å². The molecular weight excluding hydrogens is 669 g/mol. The Morgan fingerprint density at radius 2 is 0.816 bits per heavy atom. The fraction of sp³-hybridized carbons (Fsp3) is 0.0455. The Morgan fingerprint density at radius 3 is 1.31 bits per heavy atom. The molecule has 7 aromatic rings. The summed E-state index contributed by atoms with van der Waals surface area (Å²) < 4.78 is 0. The minimum absolute atomic E-state index is 1.16. The van der Waals surface area contributed by atoms with Crippen molar-refractivity contribution in [2.75, 3.05) is 4.90 Å². The van der Waals surface area contributed by atoms with Crippen molar-refractivity contribution >= 4 is 84.6 Å². The Hall–Kier alpha value is -4.36. The van der Waals surface area contributed by atoms with Gasteiger partial charge in [0.25, 0.3) is 0 Å². The van der Waals surface area contributed by atoms with Gasteiger partial charge >= 0.3 is 0 Å². The van der Waals surface area contributed by atoms with Crippen LogP contribution in [-0.2, 0) is 23.6 Å². The Morgan fingerprint density at radius 1 is 0.388 bits per heavy atom. The maximum Gasteiger partial charge on any atom is 0.0644 e. The third kappa shape index (κ3) is 4.64. The maximum atomic E-state index is 7.16. The van der Waals surface area contributed by atoms with E-state index in [0.29, 0.717) is 0 Å². The first-order valence-electron chi connectivity index (χ1n) is 16.6. The number of nitrogens with zero attached hydrogens (tertiary/aromatic N) is 1. The highest BCUT2D eigenvalue weighted by atomic mass is 32.4. The molecule has 0 aromatic heterocycles. The zero-order valence-electron chi connectivity index (χ0n) is 27.2. The number of benzene rings is 7. The quantitative estimate of drug-likeness (QED) is 0.169. The third-order valence-electron chi connectivity index (χ3n) is 9.94. The van der Waals surface area contributed by atoms with E-state index >= 15 is 0 Å². The summed E-state index contributed by atoms with van der Waals surface area (Å²) in [5, 5.41) is 7.34. The highest BCUT2D eigenvalue weighted by Gasteiger charge is 2.46. The molecule has 2 unspecified atom stereocenters. The molecule has 7 aromatic carbocycles. The average molecular weight is 702 g/mol. The second kappa shape index (κ2) is 11.6. The number of hydrogen-bond donors (Lipinski definition) is 0. The summed E-state index contributed by atoms with van der Waals surface area (Å²) >= 11 is 14.3. The molecule has 2 heterocycles. The summed E-state index contributed by atoms with van der Waals surface area (Å²) in [6.45, 7) is 4.36. The lowest BCUT2D eigenvalue weighted by molar-refractivity contribution is 1.30. The minimum Gasteiger partial charge on any atom is -0.308 e. The summed E-state index contributed by atoms with van der Waals surface area (Å²) in [6, 6.07) is 54.7. The van der Waals surface area contributed by atoms with Crippen LogP contribution in [0.3, 0.4) is 0 Å². The van der Waals surface area contributed by atoms with Crippen LogP contribution >= 0.6 is 12.1 Å². The number of anilines is 3. The monoisotopic (exact) mass is 701 g/mol. The topological polar surface area (TPSA) is 3.24 Å². The molecule has 236 valence electrons. The van der Waals surface area contributed by atoms with E-state index in [1.54, 1.807) is 0 Å². The molecular formula is C44H33NP2S2. The van der Waals surface area contributed by atoms with Gasteiger partial charge in [-0.3, -0.25) is 0 Å². The summed E-state index contributed by atoms with van der Waals surface area (Å²) in [6.07, 6.45) is 0. The van der Waals surface area contributed by atoms with Crippen molar-refractivity contribution in [1.82, 2.24) is 0 Å². The molecule has 0 spiro atoms. The standard InChI is InChI=1S/C44H33NP2S2/c1-30-21-23-38-40(25-30)46(48,36-17-8-4-9-18-36)42-28-35(34-16-12-15-33(27-34)32-13-6-3-7-14-32)29-43-44(42)45(38)39-24-22-31(2)26-41(39)47(43,49)37-19-10-5-11-20-37/h3-29H,1-2H3. The predicted octanol–water partition coefficient (Wildman–Crippen LogP) is 9.25. The molecule has 0 bridgehead atoms. The van der Waals surface area contributed by atoms with E-state index in [2.05, 4.69) is 183 Å². The van der Waals surface area contributed by atoms with Crippen molar-refractivity contribution in [3.63, 3.8) is 0 Å². The highest BCUT2D eigenvalue weighted by molar-refractivity contribution is 8.27. The van der Waals surface area contributed by atoms with Gasteiger partial charge in [-0.25, -0.2) is 0 Å². The van der Waals surface area contributed by atoms with Gasteiger partial charge in [0.1, 0.15) is 0 Å². The molecule has 0 amide bonds. The first kappa shape index (κ1) is 30.7. The van der Waals surface area contributed by atoms with Crippen molar-refractivity contribution in [3.8, 4) is 22.3 Å². The van der Waals surface area contributed by atoms with Gasteiger partial charge in [0.05, 0.1) is 17.1 Å². The van der Waals surface area contributed by atoms with Crippen molar-refractivity contribution in [3.05, 3.63) is 175 Å². The van der Waals surface area contributed by atoms with Crippen LogP contribution in [0.5, 0.6) is 0 Å². The van der Waals surface area contributed by atoms with Gasteiger partial charge in [-0.15, -0.1) is 0 Å². The van der Waals surface area contributed by atoms with Gasteiger partial charge in [0.15, 0.2) is 0 Å². The second-order valence-corrected chi connectivity index (χ2v) is 21.7. The van der Waals surface area contributed by atoms with E-state index in [-0.39, 0.29) is 0 Å². The van der Waals surface area contributed by atoms with E-state index in [4.69, 9.17) is 23.6 Å². The summed E-state index contributed by atoms with van der Waals surface area (Å²) in [4.78, 5) is 2.50. The number of hydrogen-bond acceptors (Lipinski definition) is 3. The van der Waals surface area contributed by atoms with Crippen LogP contribution in [0.25, 0.3) is 22.3 Å². The number of aryl methyl sites for hydroxylation is 2. The molecule has 1 nitrogen and oxygen atoms in total. The van der Waals surface area contributed by atoms with Crippen LogP contribution in [-0.4, -0.2) is 0 Å². The molecule has 0 saturated heterocycles. The summed E-state index contributed by atoms with van der Waals surface area (Å²) in [5.41, 5.74) is 10.7. The maximum absolute atomic E-state index is 7.16. The van der Waals surface area contributed by atoms with Crippen LogP contribution < -0.4 is 36.7 Å².